The van der Waals surface area contributed by atoms with E-state index in [0.29, 0.717) is 5.56 Å². The average Bonchev–Trinajstić information content (AvgIpc) is 2.61. The highest BCUT2D eigenvalue weighted by Crippen LogP contribution is 2.21. The lowest BCUT2D eigenvalue weighted by atomic mass is 10.2. The number of hydrogen-bond donors (Lipinski definition) is 0. The highest BCUT2D eigenvalue weighted by atomic mass is 19.3. The fourth-order valence-corrected chi connectivity index (χ4v) is 2.49. The van der Waals surface area contributed by atoms with E-state index in [4.69, 9.17) is 4.74 Å². The fraction of sp³-hybridized carbons (Fsp3) is 0.278. The molecule has 6 heteroatoms. The Bertz CT molecular complexity index is 684. The van der Waals surface area contributed by atoms with Gasteiger partial charge in [0.1, 0.15) is 5.75 Å². The molecule has 2 aromatic carbocycles. The average molecular weight is 332 g/mol. The summed E-state index contributed by atoms with van der Waals surface area (Å²) in [6, 6.07) is 14.4. The number of benzene rings is 2. The molecule has 0 saturated carbocycles. The third kappa shape index (κ3) is 4.52. The van der Waals surface area contributed by atoms with E-state index in [2.05, 4.69) is 14.6 Å². The molecule has 1 fully saturated rings. The predicted octanol–water partition coefficient (Wildman–Crippen LogP) is 3.88. The van der Waals surface area contributed by atoms with Gasteiger partial charge >= 0.3 is 6.61 Å². The molecule has 126 valence electrons. The van der Waals surface area contributed by atoms with Crippen molar-refractivity contribution < 1.29 is 18.3 Å². The topological polar surface area (TPSA) is 34.1 Å². The van der Waals surface area contributed by atoms with Crippen LogP contribution in [0.15, 0.2) is 53.5 Å². The summed E-state index contributed by atoms with van der Waals surface area (Å²) >= 11 is 0. The number of rotatable bonds is 5. The number of halogens is 2. The number of morpholine rings is 1. The van der Waals surface area contributed by atoms with Crippen LogP contribution < -0.4 is 9.64 Å². The van der Waals surface area contributed by atoms with Gasteiger partial charge in [0.15, 0.2) is 0 Å². The SMILES string of the molecule is FC(F)Oc1cccc(C=Nc2ccc(N3CCOCC3)cc2)c1. The van der Waals surface area contributed by atoms with Crippen LogP contribution in [0.25, 0.3) is 0 Å². The van der Waals surface area contributed by atoms with Crippen molar-refractivity contribution in [2.24, 2.45) is 4.99 Å². The summed E-state index contributed by atoms with van der Waals surface area (Å²) in [5, 5.41) is 0. The van der Waals surface area contributed by atoms with E-state index in [1.807, 2.05) is 24.3 Å². The van der Waals surface area contributed by atoms with E-state index < -0.39 is 6.61 Å². The standard InChI is InChI=1S/C18H18F2N2O2/c19-18(20)24-17-3-1-2-14(12-17)13-21-15-4-6-16(7-5-15)22-8-10-23-11-9-22/h1-7,12-13,18H,8-11H2. The normalized spacial score (nSPS) is 15.2. The second-order valence-electron chi connectivity index (χ2n) is 5.33. The van der Waals surface area contributed by atoms with Gasteiger partial charge in [-0.15, -0.1) is 0 Å². The zero-order chi connectivity index (χ0) is 16.8. The van der Waals surface area contributed by atoms with Gasteiger partial charge < -0.3 is 14.4 Å². The van der Waals surface area contributed by atoms with Gasteiger partial charge in [-0.05, 0) is 42.0 Å². The number of ether oxygens (including phenoxy) is 2. The van der Waals surface area contributed by atoms with Gasteiger partial charge in [-0.2, -0.15) is 8.78 Å². The second-order valence-corrected chi connectivity index (χ2v) is 5.33. The van der Waals surface area contributed by atoms with Gasteiger partial charge in [-0.25, -0.2) is 0 Å². The zero-order valence-corrected chi connectivity index (χ0v) is 13.1. The molecule has 4 nitrogen and oxygen atoms in total. The molecule has 1 saturated heterocycles. The van der Waals surface area contributed by atoms with Crippen LogP contribution in [0.3, 0.4) is 0 Å². The van der Waals surface area contributed by atoms with Gasteiger partial charge in [0, 0.05) is 25.0 Å². The third-order valence-electron chi connectivity index (χ3n) is 3.67. The smallest absolute Gasteiger partial charge is 0.387 e. The monoisotopic (exact) mass is 332 g/mol. The summed E-state index contributed by atoms with van der Waals surface area (Å²) in [5.41, 5.74) is 2.64. The maximum atomic E-state index is 12.2. The van der Waals surface area contributed by atoms with Crippen LogP contribution in [0.1, 0.15) is 5.56 Å². The Morgan fingerprint density at radius 3 is 2.54 bits per heavy atom. The van der Waals surface area contributed by atoms with E-state index in [1.165, 1.54) is 12.1 Å². The van der Waals surface area contributed by atoms with Gasteiger partial charge in [0.05, 0.1) is 18.9 Å². The minimum absolute atomic E-state index is 0.122. The van der Waals surface area contributed by atoms with Crippen LogP contribution in [0.2, 0.25) is 0 Å². The minimum atomic E-state index is -2.83. The third-order valence-corrected chi connectivity index (χ3v) is 3.67. The van der Waals surface area contributed by atoms with Crippen molar-refractivity contribution in [3.63, 3.8) is 0 Å². The summed E-state index contributed by atoms with van der Waals surface area (Å²) in [6.45, 7) is 0.442. The van der Waals surface area contributed by atoms with Crippen LogP contribution in [0, 0.1) is 0 Å². The fourth-order valence-electron chi connectivity index (χ4n) is 2.49. The van der Waals surface area contributed by atoms with Gasteiger partial charge in [-0.3, -0.25) is 4.99 Å². The molecule has 1 aliphatic rings. The molecule has 0 bridgehead atoms. The number of nitrogens with zero attached hydrogens (tertiary/aromatic N) is 2. The lowest BCUT2D eigenvalue weighted by molar-refractivity contribution is -0.0498. The molecule has 0 unspecified atom stereocenters. The van der Waals surface area contributed by atoms with Crippen molar-refractivity contribution in [2.75, 3.05) is 31.2 Å². The number of anilines is 1. The van der Waals surface area contributed by atoms with E-state index in [1.54, 1.807) is 18.3 Å². The molecule has 0 atom stereocenters. The van der Waals surface area contributed by atoms with Crippen molar-refractivity contribution in [1.82, 2.24) is 0 Å². The maximum Gasteiger partial charge on any atom is 0.387 e. The first-order valence-corrected chi connectivity index (χ1v) is 7.72. The summed E-state index contributed by atoms with van der Waals surface area (Å²) < 4.78 is 34.2. The Balaban J connectivity index is 1.66. The lowest BCUT2D eigenvalue weighted by Crippen LogP contribution is -2.36. The van der Waals surface area contributed by atoms with Gasteiger partial charge in [-0.1, -0.05) is 12.1 Å². The van der Waals surface area contributed by atoms with Crippen LogP contribution in [0.5, 0.6) is 5.75 Å². The van der Waals surface area contributed by atoms with Crippen LogP contribution in [0.4, 0.5) is 20.2 Å². The molecule has 0 aliphatic carbocycles. The van der Waals surface area contributed by atoms with Crippen LogP contribution in [-0.4, -0.2) is 39.1 Å². The van der Waals surface area contributed by atoms with Gasteiger partial charge in [0.25, 0.3) is 0 Å². The molecule has 2 aromatic rings. The van der Waals surface area contributed by atoms with E-state index in [9.17, 15) is 8.78 Å². The summed E-state index contributed by atoms with van der Waals surface area (Å²) in [4.78, 5) is 6.64. The number of alkyl halides is 2. The minimum Gasteiger partial charge on any atom is -0.435 e. The summed E-state index contributed by atoms with van der Waals surface area (Å²) in [5.74, 6) is 0.122. The molecular weight excluding hydrogens is 314 g/mol. The number of aliphatic imine (C=N–C) groups is 1. The summed E-state index contributed by atoms with van der Waals surface area (Å²) in [7, 11) is 0. The molecule has 24 heavy (non-hydrogen) atoms. The van der Waals surface area contributed by atoms with Crippen molar-refractivity contribution in [3.05, 3.63) is 54.1 Å². The van der Waals surface area contributed by atoms with E-state index >= 15 is 0 Å². The molecule has 0 N–H and O–H groups in total. The quantitative estimate of drug-likeness (QED) is 0.780. The van der Waals surface area contributed by atoms with Crippen molar-refractivity contribution in [2.45, 2.75) is 6.61 Å². The first kappa shape index (κ1) is 16.4. The first-order chi connectivity index (χ1) is 11.7. The highest BCUT2D eigenvalue weighted by Gasteiger charge is 2.10. The molecule has 1 aliphatic heterocycles. The summed E-state index contributed by atoms with van der Waals surface area (Å²) in [6.07, 6.45) is 1.63. The largest absolute Gasteiger partial charge is 0.435 e. The predicted molar refractivity (Wildman–Crippen MR) is 89.8 cm³/mol. The van der Waals surface area contributed by atoms with Crippen LogP contribution >= 0.6 is 0 Å². The van der Waals surface area contributed by atoms with E-state index in [-0.39, 0.29) is 5.75 Å². The Morgan fingerprint density at radius 2 is 1.83 bits per heavy atom. The number of hydrogen-bond acceptors (Lipinski definition) is 4. The van der Waals surface area contributed by atoms with Crippen molar-refractivity contribution in [3.8, 4) is 5.75 Å². The van der Waals surface area contributed by atoms with Gasteiger partial charge in [0.2, 0.25) is 0 Å². The maximum absolute atomic E-state index is 12.2. The zero-order valence-electron chi connectivity index (χ0n) is 13.1. The lowest BCUT2D eigenvalue weighted by Gasteiger charge is -2.28. The molecule has 0 aromatic heterocycles. The first-order valence-electron chi connectivity index (χ1n) is 7.72. The van der Waals surface area contributed by atoms with Crippen LogP contribution in [-0.2, 0) is 4.74 Å². The second kappa shape index (κ2) is 7.88. The Kier molecular flexibility index (Phi) is 5.38. The Labute approximate surface area is 139 Å². The van der Waals surface area contributed by atoms with E-state index in [0.717, 1.165) is 37.7 Å². The molecule has 0 amide bonds. The van der Waals surface area contributed by atoms with Crippen molar-refractivity contribution in [1.29, 1.82) is 0 Å². The Hall–Kier alpha value is -2.47. The highest BCUT2D eigenvalue weighted by molar-refractivity contribution is 5.82. The molecule has 3 rings (SSSR count). The molecule has 1 heterocycles. The van der Waals surface area contributed by atoms with Crippen molar-refractivity contribution >= 4 is 17.6 Å². The molecule has 0 spiro atoms. The molecular formula is C18H18F2N2O2. The molecule has 0 radical (unpaired) electrons. The Morgan fingerprint density at radius 1 is 1.08 bits per heavy atom.